The molecule has 1 unspecified atom stereocenters. The van der Waals surface area contributed by atoms with Gasteiger partial charge in [0.15, 0.2) is 0 Å². The molecule has 15 heavy (non-hydrogen) atoms. The molecular weight excluding hydrogens is 180 g/mol. The van der Waals surface area contributed by atoms with Crippen molar-refractivity contribution in [2.45, 2.75) is 78.1 Å². The topological polar surface area (TPSA) is 0 Å². The van der Waals surface area contributed by atoms with Crippen LogP contribution in [0.15, 0.2) is 11.6 Å². The normalized spacial score (nSPS) is 19.1. The summed E-state index contributed by atoms with van der Waals surface area (Å²) in [5, 5.41) is 0. The zero-order valence-electron chi connectivity index (χ0n) is 10.7. The molecule has 0 fully saturated rings. The third-order valence-corrected chi connectivity index (χ3v) is 3.47. The first kappa shape index (κ1) is 12.8. The molecule has 0 aliphatic heterocycles. The van der Waals surface area contributed by atoms with Crippen LogP contribution in [-0.4, -0.2) is 0 Å². The summed E-state index contributed by atoms with van der Waals surface area (Å²) in [6.07, 6.45) is 16.7. The van der Waals surface area contributed by atoms with Crippen LogP contribution in [0.2, 0.25) is 0 Å². The average molecular weight is 208 g/mol. The molecule has 0 aromatic rings. The molecule has 0 spiro atoms. The van der Waals surface area contributed by atoms with Crippen LogP contribution in [0.5, 0.6) is 0 Å². The van der Waals surface area contributed by atoms with Gasteiger partial charge in [-0.25, -0.2) is 0 Å². The van der Waals surface area contributed by atoms with Crippen LogP contribution in [0, 0.1) is 5.92 Å². The summed E-state index contributed by atoms with van der Waals surface area (Å²) in [7, 11) is 0. The van der Waals surface area contributed by atoms with E-state index in [4.69, 9.17) is 0 Å². The van der Waals surface area contributed by atoms with E-state index in [9.17, 15) is 0 Å². The Morgan fingerprint density at radius 2 is 1.53 bits per heavy atom. The number of rotatable bonds is 10. The van der Waals surface area contributed by atoms with Gasteiger partial charge in [0, 0.05) is 0 Å². The van der Waals surface area contributed by atoms with Gasteiger partial charge in [0.05, 0.1) is 0 Å². The monoisotopic (exact) mass is 208 g/mol. The highest BCUT2D eigenvalue weighted by atomic mass is 14.3. The SMILES string of the molecule is CCCCCCC1=CC1CCCCCC. The van der Waals surface area contributed by atoms with Crippen LogP contribution in [0.3, 0.4) is 0 Å². The van der Waals surface area contributed by atoms with Crippen molar-refractivity contribution in [2.24, 2.45) is 5.92 Å². The first-order valence-corrected chi connectivity index (χ1v) is 7.09. The molecule has 0 bridgehead atoms. The van der Waals surface area contributed by atoms with Crippen molar-refractivity contribution in [3.8, 4) is 0 Å². The molecule has 0 aromatic heterocycles. The molecule has 1 rings (SSSR count). The minimum atomic E-state index is 0.934. The lowest BCUT2D eigenvalue weighted by Crippen LogP contribution is -1.85. The Morgan fingerprint density at radius 3 is 2.20 bits per heavy atom. The minimum absolute atomic E-state index is 0.934. The van der Waals surface area contributed by atoms with Gasteiger partial charge in [-0.15, -0.1) is 0 Å². The number of hydrogen-bond acceptors (Lipinski definition) is 0. The molecule has 0 amide bonds. The predicted molar refractivity (Wildman–Crippen MR) is 69.1 cm³/mol. The van der Waals surface area contributed by atoms with E-state index in [1.54, 1.807) is 5.57 Å². The average Bonchev–Trinajstić information content (AvgIpc) is 2.99. The Balaban J connectivity index is 1.83. The Bertz CT molecular complexity index is 178. The fourth-order valence-electron chi connectivity index (χ4n) is 2.29. The molecule has 1 aliphatic rings. The van der Waals surface area contributed by atoms with Gasteiger partial charge in [-0.05, 0) is 25.2 Å². The van der Waals surface area contributed by atoms with Crippen molar-refractivity contribution in [1.29, 1.82) is 0 Å². The summed E-state index contributed by atoms with van der Waals surface area (Å²) in [5.74, 6) is 0.934. The molecule has 88 valence electrons. The summed E-state index contributed by atoms with van der Waals surface area (Å²) >= 11 is 0. The standard InChI is InChI=1S/C15H28/c1-3-5-7-9-11-14-13-15(14)12-10-8-6-4-2/h13-14H,3-12H2,1-2H3. The summed E-state index contributed by atoms with van der Waals surface area (Å²) in [4.78, 5) is 0. The fraction of sp³-hybridized carbons (Fsp3) is 0.867. The van der Waals surface area contributed by atoms with E-state index in [0.29, 0.717) is 0 Å². The number of allylic oxidation sites excluding steroid dienone is 2. The van der Waals surface area contributed by atoms with Crippen LogP contribution >= 0.6 is 0 Å². The van der Waals surface area contributed by atoms with Gasteiger partial charge < -0.3 is 0 Å². The van der Waals surface area contributed by atoms with Crippen molar-refractivity contribution in [3.05, 3.63) is 11.6 Å². The highest BCUT2D eigenvalue weighted by molar-refractivity contribution is 5.28. The second-order valence-corrected chi connectivity index (χ2v) is 5.01. The van der Waals surface area contributed by atoms with Crippen molar-refractivity contribution in [3.63, 3.8) is 0 Å². The zero-order chi connectivity index (χ0) is 10.9. The van der Waals surface area contributed by atoms with Crippen molar-refractivity contribution < 1.29 is 0 Å². The molecule has 0 heterocycles. The molecule has 0 heteroatoms. The number of hydrogen-bond donors (Lipinski definition) is 0. The smallest absolute Gasteiger partial charge is 0.00202 e. The first-order chi connectivity index (χ1) is 7.38. The lowest BCUT2D eigenvalue weighted by atomic mass is 10.0. The van der Waals surface area contributed by atoms with Crippen molar-refractivity contribution in [1.82, 2.24) is 0 Å². The lowest BCUT2D eigenvalue weighted by Gasteiger charge is -2.01. The van der Waals surface area contributed by atoms with Gasteiger partial charge in [-0.2, -0.15) is 0 Å². The lowest BCUT2D eigenvalue weighted by molar-refractivity contribution is 0.595. The van der Waals surface area contributed by atoms with Gasteiger partial charge >= 0.3 is 0 Å². The van der Waals surface area contributed by atoms with Gasteiger partial charge in [0.1, 0.15) is 0 Å². The maximum absolute atomic E-state index is 2.51. The summed E-state index contributed by atoms with van der Waals surface area (Å²) in [6, 6.07) is 0. The van der Waals surface area contributed by atoms with Crippen LogP contribution in [-0.2, 0) is 0 Å². The van der Waals surface area contributed by atoms with Gasteiger partial charge in [-0.3, -0.25) is 0 Å². The van der Waals surface area contributed by atoms with Gasteiger partial charge in [0.25, 0.3) is 0 Å². The van der Waals surface area contributed by atoms with E-state index < -0.39 is 0 Å². The van der Waals surface area contributed by atoms with Crippen LogP contribution < -0.4 is 0 Å². The Kier molecular flexibility index (Phi) is 6.80. The molecule has 0 N–H and O–H groups in total. The second-order valence-electron chi connectivity index (χ2n) is 5.01. The van der Waals surface area contributed by atoms with Gasteiger partial charge in [-0.1, -0.05) is 70.4 Å². The molecular formula is C15H28. The van der Waals surface area contributed by atoms with E-state index in [2.05, 4.69) is 19.9 Å². The fourth-order valence-corrected chi connectivity index (χ4v) is 2.29. The zero-order valence-corrected chi connectivity index (χ0v) is 10.7. The maximum Gasteiger partial charge on any atom is -0.00202 e. The van der Waals surface area contributed by atoms with Gasteiger partial charge in [0.2, 0.25) is 0 Å². The Hall–Kier alpha value is -0.260. The maximum atomic E-state index is 2.51. The predicted octanol–water partition coefficient (Wildman–Crippen LogP) is 5.48. The summed E-state index contributed by atoms with van der Waals surface area (Å²) < 4.78 is 0. The quantitative estimate of drug-likeness (QED) is 0.329. The first-order valence-electron chi connectivity index (χ1n) is 7.09. The molecule has 0 saturated heterocycles. The molecule has 1 aliphatic carbocycles. The molecule has 0 aromatic carbocycles. The summed E-state index contributed by atoms with van der Waals surface area (Å²) in [6.45, 7) is 4.57. The van der Waals surface area contributed by atoms with Crippen LogP contribution in [0.4, 0.5) is 0 Å². The molecule has 0 nitrogen and oxygen atoms in total. The van der Waals surface area contributed by atoms with E-state index in [1.807, 2.05) is 0 Å². The summed E-state index contributed by atoms with van der Waals surface area (Å²) in [5.41, 5.74) is 1.78. The number of unbranched alkanes of at least 4 members (excludes halogenated alkanes) is 6. The third kappa shape index (κ3) is 6.02. The molecule has 0 saturated carbocycles. The van der Waals surface area contributed by atoms with Crippen molar-refractivity contribution >= 4 is 0 Å². The highest BCUT2D eigenvalue weighted by Gasteiger charge is 2.22. The van der Waals surface area contributed by atoms with Crippen LogP contribution in [0.25, 0.3) is 0 Å². The van der Waals surface area contributed by atoms with E-state index in [-0.39, 0.29) is 0 Å². The second kappa shape index (κ2) is 7.96. The molecule has 0 radical (unpaired) electrons. The molecule has 1 atom stereocenters. The van der Waals surface area contributed by atoms with E-state index in [1.165, 1.54) is 64.2 Å². The largest absolute Gasteiger partial charge is 0.0775 e. The van der Waals surface area contributed by atoms with Crippen LogP contribution in [0.1, 0.15) is 78.1 Å². The third-order valence-electron chi connectivity index (χ3n) is 3.47. The van der Waals surface area contributed by atoms with E-state index in [0.717, 1.165) is 5.92 Å². The Labute approximate surface area is 96.2 Å². The van der Waals surface area contributed by atoms with Crippen molar-refractivity contribution in [2.75, 3.05) is 0 Å². The Morgan fingerprint density at radius 1 is 0.867 bits per heavy atom. The van der Waals surface area contributed by atoms with E-state index >= 15 is 0 Å². The highest BCUT2D eigenvalue weighted by Crippen LogP contribution is 2.37. The minimum Gasteiger partial charge on any atom is -0.0775 e.